The molecule has 0 spiro atoms. The van der Waals surface area contributed by atoms with E-state index in [0.717, 1.165) is 19.4 Å². The number of benzene rings is 2. The van der Waals surface area contributed by atoms with Gasteiger partial charge >= 0.3 is 0 Å². The molecule has 1 aliphatic rings. The van der Waals surface area contributed by atoms with Crippen LogP contribution in [0.15, 0.2) is 42.5 Å². The van der Waals surface area contributed by atoms with Gasteiger partial charge in [0.15, 0.2) is 12.9 Å². The lowest BCUT2D eigenvalue weighted by atomic mass is 10.1. The lowest BCUT2D eigenvalue weighted by molar-refractivity contribution is -0.133. The molecule has 1 amide bonds. The van der Waals surface area contributed by atoms with E-state index in [4.69, 9.17) is 4.74 Å². The summed E-state index contributed by atoms with van der Waals surface area (Å²) in [6.45, 7) is 7.17. The number of amides is 1. The van der Waals surface area contributed by atoms with Crippen molar-refractivity contribution in [1.29, 1.82) is 0 Å². The van der Waals surface area contributed by atoms with E-state index in [1.54, 1.807) is 24.3 Å². The molecule has 0 aromatic heterocycles. The smallest absolute Gasteiger partial charge is 0.260 e. The van der Waals surface area contributed by atoms with E-state index < -0.39 is 0 Å². The van der Waals surface area contributed by atoms with Crippen molar-refractivity contribution in [2.75, 3.05) is 37.7 Å². The summed E-state index contributed by atoms with van der Waals surface area (Å²) in [5.41, 5.74) is 4.28. The van der Waals surface area contributed by atoms with E-state index in [1.807, 2.05) is 4.90 Å². The van der Waals surface area contributed by atoms with Gasteiger partial charge in [0, 0.05) is 31.9 Å². The minimum atomic E-state index is -0.0497. The third kappa shape index (κ3) is 3.87. The van der Waals surface area contributed by atoms with Crippen LogP contribution in [-0.4, -0.2) is 49.9 Å². The molecule has 1 saturated heterocycles. The molecule has 2 aromatic carbocycles. The maximum Gasteiger partial charge on any atom is 0.260 e. The quantitative estimate of drug-likeness (QED) is 0.777. The lowest BCUT2D eigenvalue weighted by Crippen LogP contribution is -2.50. The highest BCUT2D eigenvalue weighted by Crippen LogP contribution is 2.24. The molecule has 0 atom stereocenters. The van der Waals surface area contributed by atoms with Crippen molar-refractivity contribution >= 4 is 17.9 Å². The zero-order valence-corrected chi connectivity index (χ0v) is 15.3. The Morgan fingerprint density at radius 1 is 1.04 bits per heavy atom. The van der Waals surface area contributed by atoms with Crippen LogP contribution in [0.5, 0.6) is 5.75 Å². The topological polar surface area (TPSA) is 49.9 Å². The largest absolute Gasteiger partial charge is 0.483 e. The molecule has 1 aliphatic heterocycles. The number of hydrogen-bond donors (Lipinski definition) is 0. The Morgan fingerprint density at radius 3 is 2.50 bits per heavy atom. The van der Waals surface area contributed by atoms with Gasteiger partial charge < -0.3 is 14.5 Å². The Balaban J connectivity index is 1.55. The van der Waals surface area contributed by atoms with Gasteiger partial charge in [-0.05, 0) is 43.2 Å². The van der Waals surface area contributed by atoms with Crippen LogP contribution in [0.25, 0.3) is 0 Å². The van der Waals surface area contributed by atoms with E-state index in [9.17, 15) is 9.59 Å². The minimum absolute atomic E-state index is 0.0473. The van der Waals surface area contributed by atoms with Crippen molar-refractivity contribution in [3.8, 4) is 5.75 Å². The van der Waals surface area contributed by atoms with Gasteiger partial charge in [0.2, 0.25) is 0 Å². The van der Waals surface area contributed by atoms with Crippen LogP contribution < -0.4 is 9.64 Å². The number of carbonyl (C=O) groups is 2. The first-order chi connectivity index (χ1) is 12.6. The van der Waals surface area contributed by atoms with Gasteiger partial charge in [0.1, 0.15) is 5.75 Å². The fourth-order valence-electron chi connectivity index (χ4n) is 3.22. The third-order valence-electron chi connectivity index (χ3n) is 4.95. The van der Waals surface area contributed by atoms with Crippen molar-refractivity contribution in [1.82, 2.24) is 4.90 Å². The van der Waals surface area contributed by atoms with Gasteiger partial charge in [-0.3, -0.25) is 9.59 Å². The number of nitrogens with zero attached hydrogens (tertiary/aromatic N) is 2. The van der Waals surface area contributed by atoms with Crippen LogP contribution in [0.1, 0.15) is 21.5 Å². The summed E-state index contributed by atoms with van der Waals surface area (Å²) in [6.07, 6.45) is 0.739. The number of carbonyl (C=O) groups excluding carboxylic acids is 2. The highest BCUT2D eigenvalue weighted by molar-refractivity contribution is 5.81. The second-order valence-electron chi connectivity index (χ2n) is 6.53. The molecular formula is C21H24N2O3. The molecule has 26 heavy (non-hydrogen) atoms. The van der Waals surface area contributed by atoms with Crippen molar-refractivity contribution in [3.63, 3.8) is 0 Å². The number of ether oxygens (including phenoxy) is 1. The van der Waals surface area contributed by atoms with E-state index in [2.05, 4.69) is 36.9 Å². The summed E-state index contributed by atoms with van der Waals surface area (Å²) in [5.74, 6) is 0.399. The summed E-state index contributed by atoms with van der Waals surface area (Å²) in [5, 5.41) is 0. The molecule has 1 heterocycles. The fourth-order valence-corrected chi connectivity index (χ4v) is 3.22. The second-order valence-corrected chi connectivity index (χ2v) is 6.53. The molecule has 5 heteroatoms. The molecule has 1 fully saturated rings. The second kappa shape index (κ2) is 8.04. The number of para-hydroxylation sites is 1. The molecule has 0 unspecified atom stereocenters. The van der Waals surface area contributed by atoms with Crippen molar-refractivity contribution < 1.29 is 14.3 Å². The standard InChI is InChI=1S/C21H24N2O3/c1-16-6-5-8-19(17(16)2)22-10-12-23(13-11-22)21(25)15-26-20-9-4-3-7-18(20)14-24/h3-9,14H,10-13,15H2,1-2H3. The van der Waals surface area contributed by atoms with Crippen molar-refractivity contribution in [2.24, 2.45) is 0 Å². The van der Waals surface area contributed by atoms with E-state index in [-0.39, 0.29) is 12.5 Å². The zero-order chi connectivity index (χ0) is 18.5. The minimum Gasteiger partial charge on any atom is -0.483 e. The average Bonchev–Trinajstić information content (AvgIpc) is 2.68. The summed E-state index contributed by atoms with van der Waals surface area (Å²) >= 11 is 0. The number of rotatable bonds is 5. The maximum atomic E-state index is 12.4. The molecule has 2 aromatic rings. The van der Waals surface area contributed by atoms with Gasteiger partial charge in [-0.15, -0.1) is 0 Å². The number of hydrogen-bond acceptors (Lipinski definition) is 4. The molecule has 0 N–H and O–H groups in total. The molecule has 0 radical (unpaired) electrons. The van der Waals surface area contributed by atoms with Crippen LogP contribution in [0.4, 0.5) is 5.69 Å². The number of aryl methyl sites for hydroxylation is 1. The average molecular weight is 352 g/mol. The molecule has 5 nitrogen and oxygen atoms in total. The normalized spacial score (nSPS) is 14.2. The molecular weight excluding hydrogens is 328 g/mol. The number of aldehydes is 1. The van der Waals surface area contributed by atoms with Gasteiger partial charge in [0.25, 0.3) is 5.91 Å². The van der Waals surface area contributed by atoms with Gasteiger partial charge in [-0.25, -0.2) is 0 Å². The lowest BCUT2D eigenvalue weighted by Gasteiger charge is -2.37. The highest BCUT2D eigenvalue weighted by Gasteiger charge is 2.22. The SMILES string of the molecule is Cc1cccc(N2CCN(C(=O)COc3ccccc3C=O)CC2)c1C. The summed E-state index contributed by atoms with van der Waals surface area (Å²) < 4.78 is 5.55. The van der Waals surface area contributed by atoms with Gasteiger partial charge in [-0.2, -0.15) is 0 Å². The summed E-state index contributed by atoms with van der Waals surface area (Å²) in [4.78, 5) is 27.6. The zero-order valence-electron chi connectivity index (χ0n) is 15.3. The summed E-state index contributed by atoms with van der Waals surface area (Å²) in [7, 11) is 0. The molecule has 0 aliphatic carbocycles. The van der Waals surface area contributed by atoms with Crippen LogP contribution in [-0.2, 0) is 4.79 Å². The Morgan fingerprint density at radius 2 is 1.77 bits per heavy atom. The Labute approximate surface area is 154 Å². The molecule has 0 bridgehead atoms. The van der Waals surface area contributed by atoms with Crippen LogP contribution in [0, 0.1) is 13.8 Å². The number of anilines is 1. The predicted octanol–water partition coefficient (Wildman–Crippen LogP) is 2.84. The van der Waals surface area contributed by atoms with Crippen molar-refractivity contribution in [2.45, 2.75) is 13.8 Å². The van der Waals surface area contributed by atoms with E-state index in [0.29, 0.717) is 24.4 Å². The first kappa shape index (κ1) is 18.0. The summed E-state index contributed by atoms with van der Waals surface area (Å²) in [6, 6.07) is 13.3. The first-order valence-corrected chi connectivity index (χ1v) is 8.86. The Bertz CT molecular complexity index is 796. The molecule has 0 saturated carbocycles. The Hall–Kier alpha value is -2.82. The monoisotopic (exact) mass is 352 g/mol. The molecule has 136 valence electrons. The van der Waals surface area contributed by atoms with Gasteiger partial charge in [-0.1, -0.05) is 24.3 Å². The maximum absolute atomic E-state index is 12.4. The van der Waals surface area contributed by atoms with E-state index in [1.165, 1.54) is 16.8 Å². The Kier molecular flexibility index (Phi) is 5.56. The van der Waals surface area contributed by atoms with Crippen LogP contribution in [0.2, 0.25) is 0 Å². The van der Waals surface area contributed by atoms with Crippen molar-refractivity contribution in [3.05, 3.63) is 59.2 Å². The third-order valence-corrected chi connectivity index (χ3v) is 4.95. The number of piperazine rings is 1. The van der Waals surface area contributed by atoms with Gasteiger partial charge in [0.05, 0.1) is 5.56 Å². The first-order valence-electron chi connectivity index (χ1n) is 8.86. The highest BCUT2D eigenvalue weighted by atomic mass is 16.5. The van der Waals surface area contributed by atoms with Crippen LogP contribution >= 0.6 is 0 Å². The fraction of sp³-hybridized carbons (Fsp3) is 0.333. The molecule has 3 rings (SSSR count). The van der Waals surface area contributed by atoms with Crippen LogP contribution in [0.3, 0.4) is 0 Å². The van der Waals surface area contributed by atoms with E-state index >= 15 is 0 Å². The predicted molar refractivity (Wildman–Crippen MR) is 102 cm³/mol.